The average Bonchev–Trinajstić information content (AvgIpc) is 3.00. The minimum atomic E-state index is -0.291. The third kappa shape index (κ3) is 4.69. The van der Waals surface area contributed by atoms with Crippen LogP contribution in [0.2, 0.25) is 0 Å². The van der Waals surface area contributed by atoms with Gasteiger partial charge in [-0.05, 0) is 31.6 Å². The van der Waals surface area contributed by atoms with E-state index in [1.54, 1.807) is 30.0 Å². The molecule has 2 N–H and O–H groups in total. The maximum atomic E-state index is 11.9. The van der Waals surface area contributed by atoms with Crippen molar-refractivity contribution in [2.75, 3.05) is 12.4 Å². The van der Waals surface area contributed by atoms with Crippen LogP contribution in [0.15, 0.2) is 49.4 Å². The van der Waals surface area contributed by atoms with Crippen molar-refractivity contribution < 1.29 is 9.53 Å². The van der Waals surface area contributed by atoms with Gasteiger partial charge < -0.3 is 10.1 Å². The third-order valence-electron chi connectivity index (χ3n) is 3.65. The zero-order valence-electron chi connectivity index (χ0n) is 14.7. The number of fused-ring (bicyclic) bond motifs is 1. The Morgan fingerprint density at radius 2 is 2.24 bits per heavy atom. The van der Waals surface area contributed by atoms with E-state index in [0.717, 1.165) is 12.0 Å². The molecule has 7 nitrogen and oxygen atoms in total. The number of hydrogen-bond acceptors (Lipinski definition) is 4. The quantitative estimate of drug-likeness (QED) is 0.597. The lowest BCUT2D eigenvalue weighted by Crippen LogP contribution is -2.35. The fraction of sp³-hybridized carbons (Fsp3) is 0.278. The van der Waals surface area contributed by atoms with Crippen LogP contribution in [0, 0.1) is 0 Å². The lowest BCUT2D eigenvalue weighted by molar-refractivity contribution is 0.249. The first-order valence-electron chi connectivity index (χ1n) is 7.98. The zero-order valence-corrected chi connectivity index (χ0v) is 14.7. The number of ether oxygens (including phenoxy) is 1. The highest BCUT2D eigenvalue weighted by Gasteiger charge is 2.10. The molecule has 2 amide bonds. The number of rotatable bonds is 7. The highest BCUT2D eigenvalue weighted by molar-refractivity contribution is 5.88. The molecule has 0 saturated carbocycles. The summed E-state index contributed by atoms with van der Waals surface area (Å²) in [5.74, 6) is 0.933. The molecule has 1 atom stereocenters. The number of imidazole rings is 1. The number of hydrogen-bond donors (Lipinski definition) is 2. The largest absolute Gasteiger partial charge is 0.497 e. The number of methoxy groups -OCH3 is 1. The second-order valence-corrected chi connectivity index (χ2v) is 5.53. The summed E-state index contributed by atoms with van der Waals surface area (Å²) in [4.78, 5) is 16.2. The standard InChI is InChI=1S/C18H23N5O2/c1-6-12(3)19-18(24)21-16-11-23-17(20-16)9-8-15(22-23)14(7-2)10-13(4)25-5/h7-12H,2,4,6H2,1,3,5H3,(H2,19,21,24)/b14-10+. The molecule has 2 aromatic rings. The van der Waals surface area contributed by atoms with Crippen molar-refractivity contribution in [3.05, 3.63) is 55.1 Å². The van der Waals surface area contributed by atoms with E-state index in [-0.39, 0.29) is 12.1 Å². The summed E-state index contributed by atoms with van der Waals surface area (Å²) in [6, 6.07) is 3.44. The summed E-state index contributed by atoms with van der Waals surface area (Å²) < 4.78 is 6.66. The first-order valence-corrected chi connectivity index (χ1v) is 7.98. The van der Waals surface area contributed by atoms with E-state index >= 15 is 0 Å². The number of urea groups is 1. The van der Waals surface area contributed by atoms with Gasteiger partial charge in [-0.2, -0.15) is 5.10 Å². The van der Waals surface area contributed by atoms with Gasteiger partial charge in [0.1, 0.15) is 5.76 Å². The molecule has 132 valence electrons. The lowest BCUT2D eigenvalue weighted by atomic mass is 10.1. The highest BCUT2D eigenvalue weighted by atomic mass is 16.5. The predicted octanol–water partition coefficient (Wildman–Crippen LogP) is 3.38. The van der Waals surface area contributed by atoms with Crippen molar-refractivity contribution in [1.29, 1.82) is 0 Å². The van der Waals surface area contributed by atoms with Gasteiger partial charge in [-0.3, -0.25) is 5.32 Å². The van der Waals surface area contributed by atoms with E-state index in [9.17, 15) is 4.79 Å². The van der Waals surface area contributed by atoms with Crippen LogP contribution in [0.1, 0.15) is 26.0 Å². The number of anilines is 1. The molecule has 0 fully saturated rings. The second kappa shape index (κ2) is 8.14. The Morgan fingerprint density at radius 3 is 2.88 bits per heavy atom. The number of carbonyl (C=O) groups is 1. The molecule has 0 aromatic carbocycles. The van der Waals surface area contributed by atoms with Crippen molar-refractivity contribution in [2.24, 2.45) is 0 Å². The van der Waals surface area contributed by atoms with E-state index in [1.165, 1.54) is 0 Å². The lowest BCUT2D eigenvalue weighted by Gasteiger charge is -2.10. The molecule has 0 spiro atoms. The molecule has 0 bridgehead atoms. The van der Waals surface area contributed by atoms with Crippen LogP contribution in [-0.2, 0) is 4.74 Å². The van der Waals surface area contributed by atoms with E-state index < -0.39 is 0 Å². The number of aromatic nitrogens is 3. The summed E-state index contributed by atoms with van der Waals surface area (Å²) in [7, 11) is 1.55. The summed E-state index contributed by atoms with van der Waals surface area (Å²) in [6.07, 6.45) is 5.93. The minimum absolute atomic E-state index is 0.0935. The van der Waals surface area contributed by atoms with E-state index in [1.807, 2.05) is 26.0 Å². The molecule has 7 heteroatoms. The number of nitrogens with zero attached hydrogens (tertiary/aromatic N) is 3. The zero-order chi connectivity index (χ0) is 18.4. The number of amides is 2. The van der Waals surface area contributed by atoms with Gasteiger partial charge >= 0.3 is 6.03 Å². The molecule has 0 aliphatic heterocycles. The van der Waals surface area contributed by atoms with Crippen LogP contribution >= 0.6 is 0 Å². The molecule has 0 radical (unpaired) electrons. The van der Waals surface area contributed by atoms with Gasteiger partial charge in [0.2, 0.25) is 0 Å². The number of carbonyl (C=O) groups excluding carboxylic acids is 1. The summed E-state index contributed by atoms with van der Waals surface area (Å²) in [5.41, 5.74) is 2.08. The molecule has 25 heavy (non-hydrogen) atoms. The normalized spacial score (nSPS) is 12.5. The molecule has 0 aliphatic rings. The van der Waals surface area contributed by atoms with Gasteiger partial charge in [-0.15, -0.1) is 0 Å². The number of allylic oxidation sites excluding steroid dienone is 3. The van der Waals surface area contributed by atoms with Crippen LogP contribution in [0.4, 0.5) is 10.6 Å². The molecular formula is C18H23N5O2. The predicted molar refractivity (Wildman–Crippen MR) is 99.2 cm³/mol. The first kappa shape index (κ1) is 18.3. The first-order chi connectivity index (χ1) is 12.0. The summed E-state index contributed by atoms with van der Waals surface area (Å²) in [5, 5.41) is 10.0. The molecule has 0 aliphatic carbocycles. The molecular weight excluding hydrogens is 318 g/mol. The Morgan fingerprint density at radius 1 is 1.48 bits per heavy atom. The van der Waals surface area contributed by atoms with Gasteiger partial charge in [-0.25, -0.2) is 14.3 Å². The Labute approximate surface area is 147 Å². The second-order valence-electron chi connectivity index (χ2n) is 5.53. The third-order valence-corrected chi connectivity index (χ3v) is 3.65. The van der Waals surface area contributed by atoms with Crippen LogP contribution in [0.5, 0.6) is 0 Å². The van der Waals surface area contributed by atoms with Crippen molar-refractivity contribution in [3.8, 4) is 0 Å². The highest BCUT2D eigenvalue weighted by Crippen LogP contribution is 2.17. The molecule has 2 heterocycles. The Balaban J connectivity index is 2.24. The Hall–Kier alpha value is -3.09. The molecule has 1 unspecified atom stereocenters. The van der Waals surface area contributed by atoms with E-state index in [2.05, 4.69) is 33.9 Å². The van der Waals surface area contributed by atoms with E-state index in [0.29, 0.717) is 22.9 Å². The maximum absolute atomic E-state index is 11.9. The summed E-state index contributed by atoms with van der Waals surface area (Å²) in [6.45, 7) is 11.5. The fourth-order valence-corrected chi connectivity index (χ4v) is 2.04. The van der Waals surface area contributed by atoms with Crippen LogP contribution < -0.4 is 10.6 Å². The van der Waals surface area contributed by atoms with Gasteiger partial charge in [0.05, 0.1) is 19.0 Å². The van der Waals surface area contributed by atoms with Crippen molar-refractivity contribution in [1.82, 2.24) is 19.9 Å². The van der Waals surface area contributed by atoms with Gasteiger partial charge in [-0.1, -0.05) is 26.2 Å². The Bertz CT molecular complexity index is 822. The molecule has 2 aromatic heterocycles. The SMILES string of the molecule is C=C/C(=C\C(=C)OC)c1ccc2nc(NC(=O)NC(C)CC)cn2n1. The minimum Gasteiger partial charge on any atom is -0.497 e. The van der Waals surface area contributed by atoms with Crippen molar-refractivity contribution >= 4 is 23.1 Å². The van der Waals surface area contributed by atoms with Crippen LogP contribution in [0.25, 0.3) is 11.2 Å². The number of nitrogens with one attached hydrogen (secondary N) is 2. The summed E-state index contributed by atoms with van der Waals surface area (Å²) >= 11 is 0. The van der Waals surface area contributed by atoms with Crippen molar-refractivity contribution in [2.45, 2.75) is 26.3 Å². The maximum Gasteiger partial charge on any atom is 0.320 e. The average molecular weight is 341 g/mol. The Kier molecular flexibility index (Phi) is 5.94. The van der Waals surface area contributed by atoms with Crippen molar-refractivity contribution in [3.63, 3.8) is 0 Å². The van der Waals surface area contributed by atoms with Crippen LogP contribution in [0.3, 0.4) is 0 Å². The van der Waals surface area contributed by atoms with Gasteiger partial charge in [0, 0.05) is 11.6 Å². The molecule has 0 saturated heterocycles. The van der Waals surface area contributed by atoms with Gasteiger partial charge in [0.15, 0.2) is 11.5 Å². The van der Waals surface area contributed by atoms with Gasteiger partial charge in [0.25, 0.3) is 0 Å². The smallest absolute Gasteiger partial charge is 0.320 e. The van der Waals surface area contributed by atoms with E-state index in [4.69, 9.17) is 4.74 Å². The monoisotopic (exact) mass is 341 g/mol. The van der Waals surface area contributed by atoms with Crippen LogP contribution in [-0.4, -0.2) is 33.8 Å². The fourth-order valence-electron chi connectivity index (χ4n) is 2.04. The topological polar surface area (TPSA) is 80.5 Å². The molecule has 2 rings (SSSR count).